The molecule has 3 nitrogen and oxygen atoms in total. The first-order valence-electron chi connectivity index (χ1n) is 9.35. The third-order valence-corrected chi connectivity index (χ3v) is 4.82. The Morgan fingerprint density at radius 3 is 1.37 bits per heavy atom. The fourth-order valence-electron chi connectivity index (χ4n) is 3.14. The van der Waals surface area contributed by atoms with E-state index >= 15 is 0 Å². The molecule has 27 heavy (non-hydrogen) atoms. The van der Waals surface area contributed by atoms with Gasteiger partial charge < -0.3 is 15.1 Å². The molecule has 3 aromatic carbocycles. The summed E-state index contributed by atoms with van der Waals surface area (Å²) in [5.74, 6) is -0.110. The zero-order valence-corrected chi connectivity index (χ0v) is 16.0. The van der Waals surface area contributed by atoms with E-state index in [0.717, 1.165) is 22.6 Å². The van der Waals surface area contributed by atoms with Gasteiger partial charge in [0.25, 0.3) is 0 Å². The monoisotopic (exact) mass is 361 g/mol. The molecular formula is C24H27NO2. The molecule has 140 valence electrons. The molecule has 0 bridgehead atoms. The van der Waals surface area contributed by atoms with Crippen molar-refractivity contribution in [2.24, 2.45) is 5.92 Å². The van der Waals surface area contributed by atoms with Crippen molar-refractivity contribution < 1.29 is 10.2 Å². The highest BCUT2D eigenvalue weighted by Gasteiger charge is 2.13. The molecule has 0 radical (unpaired) electrons. The average molecular weight is 361 g/mol. The number of aliphatic hydroxyl groups is 2. The van der Waals surface area contributed by atoms with Crippen LogP contribution in [0.4, 0.5) is 17.1 Å². The fraction of sp³-hybridized carbons (Fsp3) is 0.250. The van der Waals surface area contributed by atoms with E-state index in [-0.39, 0.29) is 19.1 Å². The highest BCUT2D eigenvalue weighted by molar-refractivity contribution is 5.76. The minimum atomic E-state index is -0.110. The van der Waals surface area contributed by atoms with Crippen molar-refractivity contribution in [2.45, 2.75) is 20.3 Å². The third kappa shape index (κ3) is 4.76. The normalized spacial score (nSPS) is 11.0. The third-order valence-electron chi connectivity index (χ3n) is 4.82. The zero-order chi connectivity index (χ0) is 19.2. The number of anilines is 3. The Morgan fingerprint density at radius 2 is 1.00 bits per heavy atom. The van der Waals surface area contributed by atoms with Gasteiger partial charge in [0.15, 0.2) is 0 Å². The van der Waals surface area contributed by atoms with E-state index in [1.54, 1.807) is 0 Å². The topological polar surface area (TPSA) is 43.7 Å². The predicted octanol–water partition coefficient (Wildman–Crippen LogP) is 4.92. The van der Waals surface area contributed by atoms with Gasteiger partial charge in [-0.05, 0) is 62.2 Å². The maximum atomic E-state index is 9.30. The molecule has 0 aromatic heterocycles. The number of aliphatic hydroxyl groups excluding tert-OH is 2. The van der Waals surface area contributed by atoms with Crippen LogP contribution in [0.15, 0.2) is 72.8 Å². The first-order valence-corrected chi connectivity index (χ1v) is 9.35. The lowest BCUT2D eigenvalue weighted by atomic mass is 10.0. The van der Waals surface area contributed by atoms with Gasteiger partial charge in [-0.25, -0.2) is 0 Å². The van der Waals surface area contributed by atoms with E-state index in [9.17, 15) is 10.2 Å². The molecule has 0 fully saturated rings. The van der Waals surface area contributed by atoms with E-state index < -0.39 is 0 Å². The molecule has 0 aliphatic heterocycles. The lowest BCUT2D eigenvalue weighted by molar-refractivity contribution is 0.150. The molecule has 0 aliphatic carbocycles. The van der Waals surface area contributed by atoms with Gasteiger partial charge >= 0.3 is 0 Å². The van der Waals surface area contributed by atoms with Gasteiger partial charge in [-0.2, -0.15) is 0 Å². The molecule has 0 saturated carbocycles. The highest BCUT2D eigenvalue weighted by Crippen LogP contribution is 2.34. The summed E-state index contributed by atoms with van der Waals surface area (Å²) in [6.45, 7) is 4.18. The standard InChI is InChI=1S/C24H27NO2/c1-18-3-9-22(10-4-18)25(23-11-5-19(2)6-12-23)24-13-7-20(8-14-24)15-21(16-26)17-27/h3-14,21,26-27H,15-17H2,1-2H3. The summed E-state index contributed by atoms with van der Waals surface area (Å²) in [4.78, 5) is 2.23. The number of hydrogen-bond donors (Lipinski definition) is 2. The summed E-state index contributed by atoms with van der Waals surface area (Å²) < 4.78 is 0. The quantitative estimate of drug-likeness (QED) is 0.628. The summed E-state index contributed by atoms with van der Waals surface area (Å²) in [5, 5.41) is 18.6. The molecule has 2 N–H and O–H groups in total. The molecule has 3 rings (SSSR count). The van der Waals surface area contributed by atoms with Crippen LogP contribution in [0.2, 0.25) is 0 Å². The first kappa shape index (κ1) is 19.2. The summed E-state index contributed by atoms with van der Waals surface area (Å²) >= 11 is 0. The first-order chi connectivity index (χ1) is 13.1. The summed E-state index contributed by atoms with van der Waals surface area (Å²) in [5.41, 5.74) is 6.88. The molecule has 0 amide bonds. The number of aryl methyl sites for hydroxylation is 2. The number of hydrogen-bond acceptors (Lipinski definition) is 3. The largest absolute Gasteiger partial charge is 0.396 e. The molecular weight excluding hydrogens is 334 g/mol. The molecule has 0 heterocycles. The van der Waals surface area contributed by atoms with Crippen molar-refractivity contribution in [3.63, 3.8) is 0 Å². The summed E-state index contributed by atoms with van der Waals surface area (Å²) in [6.07, 6.45) is 0.669. The molecule has 3 heteroatoms. The molecule has 3 aromatic rings. The molecule has 0 spiro atoms. The lowest BCUT2D eigenvalue weighted by Gasteiger charge is -2.26. The SMILES string of the molecule is Cc1ccc(N(c2ccc(C)cc2)c2ccc(CC(CO)CO)cc2)cc1. The van der Waals surface area contributed by atoms with Gasteiger partial charge in [0.05, 0.1) is 0 Å². The van der Waals surface area contributed by atoms with Gasteiger partial charge in [-0.15, -0.1) is 0 Å². The molecule has 0 aliphatic rings. The van der Waals surface area contributed by atoms with E-state index in [4.69, 9.17) is 0 Å². The number of rotatable bonds is 7. The van der Waals surface area contributed by atoms with E-state index in [1.165, 1.54) is 11.1 Å². The van der Waals surface area contributed by atoms with Crippen LogP contribution >= 0.6 is 0 Å². The Bertz CT molecular complexity index is 790. The summed E-state index contributed by atoms with van der Waals surface area (Å²) in [7, 11) is 0. The van der Waals surface area contributed by atoms with Gasteiger partial charge in [0.2, 0.25) is 0 Å². The maximum absolute atomic E-state index is 9.30. The van der Waals surface area contributed by atoms with E-state index in [0.29, 0.717) is 6.42 Å². The number of nitrogens with zero attached hydrogens (tertiary/aromatic N) is 1. The van der Waals surface area contributed by atoms with Crippen LogP contribution in [0.5, 0.6) is 0 Å². The zero-order valence-electron chi connectivity index (χ0n) is 16.0. The van der Waals surface area contributed by atoms with Crippen LogP contribution in [0.25, 0.3) is 0 Å². The van der Waals surface area contributed by atoms with Crippen LogP contribution in [0, 0.1) is 19.8 Å². The Labute approximate surface area is 161 Å². The minimum absolute atomic E-state index is 0.00287. The van der Waals surface area contributed by atoms with Crippen molar-refractivity contribution in [3.05, 3.63) is 89.5 Å². The van der Waals surface area contributed by atoms with E-state index in [2.05, 4.69) is 91.5 Å². The maximum Gasteiger partial charge on any atom is 0.0484 e. The van der Waals surface area contributed by atoms with Gasteiger partial charge in [0.1, 0.15) is 0 Å². The van der Waals surface area contributed by atoms with Crippen molar-refractivity contribution in [3.8, 4) is 0 Å². The van der Waals surface area contributed by atoms with E-state index in [1.807, 2.05) is 0 Å². The van der Waals surface area contributed by atoms with Crippen molar-refractivity contribution >= 4 is 17.1 Å². The Hall–Kier alpha value is -2.62. The van der Waals surface area contributed by atoms with Crippen LogP contribution < -0.4 is 4.90 Å². The van der Waals surface area contributed by atoms with Crippen LogP contribution in [0.3, 0.4) is 0 Å². The summed E-state index contributed by atoms with van der Waals surface area (Å²) in [6, 6.07) is 25.4. The molecule has 0 atom stereocenters. The number of benzene rings is 3. The van der Waals surface area contributed by atoms with Gasteiger partial charge in [-0.3, -0.25) is 0 Å². The fourth-order valence-corrected chi connectivity index (χ4v) is 3.14. The van der Waals surface area contributed by atoms with Crippen molar-refractivity contribution in [1.82, 2.24) is 0 Å². The molecule has 0 unspecified atom stereocenters. The van der Waals surface area contributed by atoms with Crippen LogP contribution in [-0.4, -0.2) is 23.4 Å². The van der Waals surface area contributed by atoms with Crippen molar-refractivity contribution in [2.75, 3.05) is 18.1 Å². The highest BCUT2D eigenvalue weighted by atomic mass is 16.3. The Kier molecular flexibility index (Phi) is 6.28. The smallest absolute Gasteiger partial charge is 0.0484 e. The Balaban J connectivity index is 1.95. The van der Waals surface area contributed by atoms with Gasteiger partial charge in [-0.1, -0.05) is 47.5 Å². The van der Waals surface area contributed by atoms with Crippen molar-refractivity contribution in [1.29, 1.82) is 0 Å². The Morgan fingerprint density at radius 1 is 0.630 bits per heavy atom. The second kappa shape index (κ2) is 8.85. The second-order valence-electron chi connectivity index (χ2n) is 7.11. The second-order valence-corrected chi connectivity index (χ2v) is 7.11. The predicted molar refractivity (Wildman–Crippen MR) is 112 cm³/mol. The van der Waals surface area contributed by atoms with Gasteiger partial charge in [0, 0.05) is 36.2 Å². The lowest BCUT2D eigenvalue weighted by Crippen LogP contribution is -2.14. The van der Waals surface area contributed by atoms with Crippen LogP contribution in [0.1, 0.15) is 16.7 Å². The minimum Gasteiger partial charge on any atom is -0.396 e. The molecule has 0 saturated heterocycles. The average Bonchev–Trinajstić information content (AvgIpc) is 2.70. The van der Waals surface area contributed by atoms with Crippen LogP contribution in [-0.2, 0) is 6.42 Å².